The zero-order valence-electron chi connectivity index (χ0n) is 11.6. The number of hydrogen-bond acceptors (Lipinski definition) is 3. The van der Waals surface area contributed by atoms with Crippen LogP contribution in [0.1, 0.15) is 42.0 Å². The van der Waals surface area contributed by atoms with Gasteiger partial charge in [0.1, 0.15) is 11.4 Å². The molecule has 19 heavy (non-hydrogen) atoms. The summed E-state index contributed by atoms with van der Waals surface area (Å²) in [6, 6.07) is 1.88. The van der Waals surface area contributed by atoms with E-state index in [0.29, 0.717) is 0 Å². The van der Waals surface area contributed by atoms with E-state index in [1.807, 2.05) is 39.0 Å². The first-order chi connectivity index (χ1) is 8.71. The molecule has 0 unspecified atom stereocenters. The standard InChI is InChI=1S/C16H18O3/c1-8-7-11-12(9(2)13(8)17)10-5-6-15(11,3)14(18)16(10,4)19/h5-7,10,17,19H,1-4H3/t10-,15-,16+/m1/s1. The van der Waals surface area contributed by atoms with Crippen molar-refractivity contribution in [3.8, 4) is 5.75 Å². The number of allylic oxidation sites excluding steroid dienone is 1. The third-order valence-corrected chi connectivity index (χ3v) is 4.81. The van der Waals surface area contributed by atoms with Crippen LogP contribution >= 0.6 is 0 Å². The van der Waals surface area contributed by atoms with Gasteiger partial charge in [-0.15, -0.1) is 0 Å². The smallest absolute Gasteiger partial charge is 0.178 e. The van der Waals surface area contributed by atoms with E-state index < -0.39 is 11.0 Å². The summed E-state index contributed by atoms with van der Waals surface area (Å²) in [4.78, 5) is 12.5. The van der Waals surface area contributed by atoms with Crippen molar-refractivity contribution in [1.29, 1.82) is 0 Å². The SMILES string of the molecule is Cc1cc2c(c(C)c1O)[C@H]1C=C[C@@]2(C)C(=O)[C@@]1(C)O. The zero-order valence-corrected chi connectivity index (χ0v) is 11.6. The quantitative estimate of drug-likeness (QED) is 0.702. The lowest BCUT2D eigenvalue weighted by Crippen LogP contribution is -2.57. The molecule has 0 amide bonds. The first-order valence-electron chi connectivity index (χ1n) is 6.51. The van der Waals surface area contributed by atoms with Crippen LogP contribution in [0.2, 0.25) is 0 Å². The number of aromatic hydroxyl groups is 1. The number of carbonyl (C=O) groups is 1. The van der Waals surface area contributed by atoms with Gasteiger partial charge in [0.2, 0.25) is 0 Å². The molecule has 3 atom stereocenters. The minimum Gasteiger partial charge on any atom is -0.507 e. The Balaban J connectivity index is 2.43. The fourth-order valence-electron chi connectivity index (χ4n) is 3.63. The number of fused-ring (bicyclic) bond motifs is 1. The molecule has 0 saturated heterocycles. The highest BCUT2D eigenvalue weighted by Crippen LogP contribution is 2.53. The maximum atomic E-state index is 12.5. The van der Waals surface area contributed by atoms with Crippen molar-refractivity contribution >= 4 is 5.78 Å². The van der Waals surface area contributed by atoms with Crippen molar-refractivity contribution in [3.05, 3.63) is 40.5 Å². The topological polar surface area (TPSA) is 57.5 Å². The van der Waals surface area contributed by atoms with Crippen LogP contribution in [-0.4, -0.2) is 21.6 Å². The highest BCUT2D eigenvalue weighted by Gasteiger charge is 2.57. The number of ketones is 1. The average Bonchev–Trinajstić information content (AvgIpc) is 2.34. The van der Waals surface area contributed by atoms with Crippen molar-refractivity contribution in [3.63, 3.8) is 0 Å². The second kappa shape index (κ2) is 3.28. The summed E-state index contributed by atoms with van der Waals surface area (Å²) < 4.78 is 0. The first kappa shape index (κ1) is 12.4. The van der Waals surface area contributed by atoms with Crippen LogP contribution in [0.25, 0.3) is 0 Å². The van der Waals surface area contributed by atoms with Gasteiger partial charge >= 0.3 is 0 Å². The number of carbonyl (C=O) groups excluding carboxylic acids is 1. The predicted molar refractivity (Wildman–Crippen MR) is 72.4 cm³/mol. The zero-order chi connectivity index (χ0) is 14.2. The Morgan fingerprint density at radius 1 is 1.26 bits per heavy atom. The van der Waals surface area contributed by atoms with E-state index in [4.69, 9.17) is 0 Å². The number of Topliss-reactive ketones (excluding diaryl/α,β-unsaturated/α-hetero) is 1. The van der Waals surface area contributed by atoms with Gasteiger partial charge in [-0.2, -0.15) is 0 Å². The van der Waals surface area contributed by atoms with Gasteiger partial charge in [0.25, 0.3) is 0 Å². The highest BCUT2D eigenvalue weighted by molar-refractivity contribution is 6.03. The van der Waals surface area contributed by atoms with Crippen LogP contribution < -0.4 is 0 Å². The molecular weight excluding hydrogens is 240 g/mol. The van der Waals surface area contributed by atoms with Gasteiger partial charge in [-0.25, -0.2) is 0 Å². The van der Waals surface area contributed by atoms with Crippen LogP contribution in [0, 0.1) is 13.8 Å². The number of phenols is 1. The molecule has 0 aliphatic heterocycles. The molecule has 0 aromatic heterocycles. The van der Waals surface area contributed by atoms with Crippen LogP contribution in [0.4, 0.5) is 0 Å². The van der Waals surface area contributed by atoms with Crippen molar-refractivity contribution in [1.82, 2.24) is 0 Å². The molecule has 0 spiro atoms. The summed E-state index contributed by atoms with van der Waals surface area (Å²) in [6.07, 6.45) is 3.78. The lowest BCUT2D eigenvalue weighted by atomic mass is 9.55. The van der Waals surface area contributed by atoms with Crippen LogP contribution in [0.3, 0.4) is 0 Å². The molecule has 1 aromatic carbocycles. The monoisotopic (exact) mass is 258 g/mol. The molecule has 1 aromatic rings. The van der Waals surface area contributed by atoms with E-state index in [2.05, 4.69) is 0 Å². The molecule has 3 nitrogen and oxygen atoms in total. The van der Waals surface area contributed by atoms with E-state index in [1.165, 1.54) is 0 Å². The molecule has 3 aliphatic carbocycles. The molecule has 0 heterocycles. The fourth-order valence-corrected chi connectivity index (χ4v) is 3.63. The fraction of sp³-hybridized carbons (Fsp3) is 0.438. The first-order valence-corrected chi connectivity index (χ1v) is 6.51. The van der Waals surface area contributed by atoms with Crippen molar-refractivity contribution in [2.45, 2.75) is 44.6 Å². The van der Waals surface area contributed by atoms with Crippen LogP contribution in [0.5, 0.6) is 5.75 Å². The minimum absolute atomic E-state index is 0.163. The Morgan fingerprint density at radius 3 is 2.53 bits per heavy atom. The van der Waals surface area contributed by atoms with Gasteiger partial charge < -0.3 is 10.2 Å². The third kappa shape index (κ3) is 1.24. The Morgan fingerprint density at radius 2 is 1.89 bits per heavy atom. The maximum Gasteiger partial charge on any atom is 0.178 e. The van der Waals surface area contributed by atoms with E-state index >= 15 is 0 Å². The van der Waals surface area contributed by atoms with E-state index in [9.17, 15) is 15.0 Å². The molecule has 0 radical (unpaired) electrons. The van der Waals surface area contributed by atoms with Crippen LogP contribution in [0.15, 0.2) is 18.2 Å². The molecule has 2 bridgehead atoms. The lowest BCUT2D eigenvalue weighted by molar-refractivity contribution is -0.143. The van der Waals surface area contributed by atoms with Crippen molar-refractivity contribution < 1.29 is 15.0 Å². The second-order valence-corrected chi connectivity index (χ2v) is 6.14. The number of hydrogen-bond donors (Lipinski definition) is 2. The van der Waals surface area contributed by atoms with Gasteiger partial charge in [0.05, 0.1) is 5.41 Å². The molecule has 0 saturated carbocycles. The molecular formula is C16H18O3. The molecule has 2 N–H and O–H groups in total. The van der Waals surface area contributed by atoms with E-state index in [1.54, 1.807) is 6.92 Å². The van der Waals surface area contributed by atoms with Gasteiger partial charge in [-0.1, -0.05) is 18.2 Å². The summed E-state index contributed by atoms with van der Waals surface area (Å²) in [5.74, 6) is -0.278. The van der Waals surface area contributed by atoms with Gasteiger partial charge in [0.15, 0.2) is 5.78 Å². The summed E-state index contributed by atoms with van der Waals surface area (Å²) in [5.41, 5.74) is 1.16. The van der Waals surface area contributed by atoms with Crippen molar-refractivity contribution in [2.75, 3.05) is 0 Å². The van der Waals surface area contributed by atoms with Gasteiger partial charge in [0, 0.05) is 5.92 Å². The second-order valence-electron chi connectivity index (χ2n) is 6.14. The number of benzene rings is 1. The van der Waals surface area contributed by atoms with E-state index in [-0.39, 0.29) is 17.5 Å². The normalized spacial score (nSPS) is 35.6. The Kier molecular flexibility index (Phi) is 2.15. The number of rotatable bonds is 0. The van der Waals surface area contributed by atoms with Gasteiger partial charge in [-0.05, 0) is 49.9 Å². The van der Waals surface area contributed by atoms with Crippen molar-refractivity contribution in [2.24, 2.45) is 0 Å². The number of aliphatic hydroxyl groups is 1. The Bertz CT molecular complexity index is 640. The minimum atomic E-state index is -1.40. The third-order valence-electron chi connectivity index (χ3n) is 4.81. The predicted octanol–water partition coefficient (Wildman–Crippen LogP) is 2.25. The Hall–Kier alpha value is -1.61. The molecule has 100 valence electrons. The maximum absolute atomic E-state index is 12.5. The molecule has 4 rings (SSSR count). The van der Waals surface area contributed by atoms with E-state index in [0.717, 1.165) is 22.3 Å². The summed E-state index contributed by atoms with van der Waals surface area (Å²) in [6.45, 7) is 7.09. The molecule has 3 heteroatoms. The average molecular weight is 258 g/mol. The summed E-state index contributed by atoms with van der Waals surface area (Å²) in [5, 5.41) is 20.7. The number of aryl methyl sites for hydroxylation is 1. The van der Waals surface area contributed by atoms with Crippen LogP contribution in [-0.2, 0) is 10.2 Å². The molecule has 3 aliphatic rings. The molecule has 0 fully saturated rings. The number of phenolic OH excluding ortho intramolecular Hbond substituents is 1. The summed E-state index contributed by atoms with van der Waals surface area (Å²) >= 11 is 0. The van der Waals surface area contributed by atoms with Gasteiger partial charge in [-0.3, -0.25) is 4.79 Å². The lowest BCUT2D eigenvalue weighted by Gasteiger charge is -2.49. The highest BCUT2D eigenvalue weighted by atomic mass is 16.3. The largest absolute Gasteiger partial charge is 0.507 e. The summed E-state index contributed by atoms with van der Waals surface area (Å²) in [7, 11) is 0. The Labute approximate surface area is 112 Å².